The smallest absolute Gasteiger partial charge is 0.338 e. The molecule has 0 radical (unpaired) electrons. The van der Waals surface area contributed by atoms with Crippen molar-refractivity contribution in [3.63, 3.8) is 0 Å². The molecule has 1 heterocycles. The maximum atomic E-state index is 13.2. The summed E-state index contributed by atoms with van der Waals surface area (Å²) in [7, 11) is 0. The molecular weight excluding hydrogens is 380 g/mol. The van der Waals surface area contributed by atoms with Gasteiger partial charge in [0.15, 0.2) is 0 Å². The number of benzene rings is 3. The van der Waals surface area contributed by atoms with Crippen molar-refractivity contribution in [2.45, 2.75) is 6.92 Å². The van der Waals surface area contributed by atoms with E-state index in [1.165, 1.54) is 0 Å². The fourth-order valence-corrected chi connectivity index (χ4v) is 3.67. The van der Waals surface area contributed by atoms with Crippen LogP contribution in [0.5, 0.6) is 0 Å². The third kappa shape index (κ3) is 4.14. The normalized spacial score (nSPS) is 13.8. The van der Waals surface area contributed by atoms with E-state index >= 15 is 0 Å². The lowest BCUT2D eigenvalue weighted by atomic mass is 10.0. The minimum atomic E-state index is -0.410. The number of anilines is 2. The standard InChI is InChI=1S/C24H24N2O4/c1-2-30-24(28)18-10-11-22(26-12-14-29-15-13-26)21(16-18)25-23(27)20-9-5-7-17-6-3-4-8-19(17)20/h3-11,16H,2,12-15H2,1H3,(H,25,27). The molecule has 6 nitrogen and oxygen atoms in total. The molecule has 0 spiro atoms. The number of rotatable bonds is 5. The van der Waals surface area contributed by atoms with Crippen molar-refractivity contribution in [3.8, 4) is 0 Å². The Kier molecular flexibility index (Phi) is 5.95. The van der Waals surface area contributed by atoms with Gasteiger partial charge in [0.05, 0.1) is 36.8 Å². The highest BCUT2D eigenvalue weighted by molar-refractivity contribution is 6.14. The van der Waals surface area contributed by atoms with Crippen LogP contribution >= 0.6 is 0 Å². The van der Waals surface area contributed by atoms with Crippen molar-refractivity contribution >= 4 is 34.0 Å². The highest BCUT2D eigenvalue weighted by Gasteiger charge is 2.20. The molecule has 3 aromatic carbocycles. The molecule has 1 amide bonds. The highest BCUT2D eigenvalue weighted by Crippen LogP contribution is 2.30. The molecule has 0 aromatic heterocycles. The molecule has 0 bridgehead atoms. The summed E-state index contributed by atoms with van der Waals surface area (Å²) in [5.41, 5.74) is 2.44. The van der Waals surface area contributed by atoms with E-state index in [4.69, 9.17) is 9.47 Å². The summed E-state index contributed by atoms with van der Waals surface area (Å²) >= 11 is 0. The highest BCUT2D eigenvalue weighted by atomic mass is 16.5. The first-order valence-electron chi connectivity index (χ1n) is 10.1. The Labute approximate surface area is 175 Å². The number of ether oxygens (including phenoxy) is 2. The van der Waals surface area contributed by atoms with Gasteiger partial charge in [-0.2, -0.15) is 0 Å². The zero-order valence-corrected chi connectivity index (χ0v) is 16.9. The molecule has 1 saturated heterocycles. The molecule has 1 aliphatic heterocycles. The number of carbonyl (C=O) groups excluding carboxylic acids is 2. The lowest BCUT2D eigenvalue weighted by molar-refractivity contribution is 0.0526. The van der Waals surface area contributed by atoms with E-state index < -0.39 is 5.97 Å². The average Bonchev–Trinajstić information content (AvgIpc) is 2.79. The summed E-state index contributed by atoms with van der Waals surface area (Å²) in [4.78, 5) is 27.6. The van der Waals surface area contributed by atoms with Gasteiger partial charge in [0.1, 0.15) is 0 Å². The molecular formula is C24H24N2O4. The summed E-state index contributed by atoms with van der Waals surface area (Å²) in [6.07, 6.45) is 0. The van der Waals surface area contributed by atoms with Gasteiger partial charge in [-0.3, -0.25) is 4.79 Å². The minimum absolute atomic E-state index is 0.220. The van der Waals surface area contributed by atoms with Crippen molar-refractivity contribution in [3.05, 3.63) is 71.8 Å². The van der Waals surface area contributed by atoms with Crippen LogP contribution in [0.1, 0.15) is 27.6 Å². The Morgan fingerprint density at radius 2 is 1.80 bits per heavy atom. The number of morpholine rings is 1. The number of nitrogens with zero attached hydrogens (tertiary/aromatic N) is 1. The lowest BCUT2D eigenvalue weighted by Gasteiger charge is -2.30. The maximum Gasteiger partial charge on any atom is 0.338 e. The number of carbonyl (C=O) groups is 2. The van der Waals surface area contributed by atoms with Crippen molar-refractivity contribution < 1.29 is 19.1 Å². The van der Waals surface area contributed by atoms with Crippen molar-refractivity contribution in [1.82, 2.24) is 0 Å². The Morgan fingerprint density at radius 3 is 2.60 bits per heavy atom. The summed E-state index contributed by atoms with van der Waals surface area (Å²) in [6.45, 7) is 4.74. The molecule has 0 aliphatic carbocycles. The van der Waals surface area contributed by atoms with Crippen LogP contribution in [0.4, 0.5) is 11.4 Å². The van der Waals surface area contributed by atoms with E-state index in [0.717, 1.165) is 29.5 Å². The molecule has 4 rings (SSSR count). The number of amides is 1. The lowest BCUT2D eigenvalue weighted by Crippen LogP contribution is -2.36. The van der Waals surface area contributed by atoms with Crippen molar-refractivity contribution in [2.24, 2.45) is 0 Å². The Morgan fingerprint density at radius 1 is 1.03 bits per heavy atom. The van der Waals surface area contributed by atoms with E-state index in [-0.39, 0.29) is 5.91 Å². The molecule has 0 saturated carbocycles. The predicted molar refractivity (Wildman–Crippen MR) is 117 cm³/mol. The van der Waals surface area contributed by atoms with Crippen LogP contribution in [0.3, 0.4) is 0 Å². The van der Waals surface area contributed by atoms with Crippen LogP contribution in [-0.2, 0) is 9.47 Å². The first kappa shape index (κ1) is 19.9. The van der Waals surface area contributed by atoms with Crippen molar-refractivity contribution in [1.29, 1.82) is 0 Å². The Balaban J connectivity index is 1.70. The van der Waals surface area contributed by atoms with Crippen LogP contribution in [-0.4, -0.2) is 44.8 Å². The van der Waals surface area contributed by atoms with E-state index in [1.807, 2.05) is 42.5 Å². The van der Waals surface area contributed by atoms with Gasteiger partial charge in [-0.1, -0.05) is 36.4 Å². The fourth-order valence-electron chi connectivity index (χ4n) is 3.67. The van der Waals surface area contributed by atoms with Gasteiger partial charge in [-0.05, 0) is 42.0 Å². The fraction of sp³-hybridized carbons (Fsp3) is 0.250. The molecule has 1 aliphatic rings. The average molecular weight is 404 g/mol. The molecule has 6 heteroatoms. The third-order valence-electron chi connectivity index (χ3n) is 5.14. The van der Waals surface area contributed by atoms with E-state index in [0.29, 0.717) is 36.6 Å². The van der Waals surface area contributed by atoms with Crippen LogP contribution in [0.25, 0.3) is 10.8 Å². The SMILES string of the molecule is CCOC(=O)c1ccc(N2CCOCC2)c(NC(=O)c2cccc3ccccc23)c1. The van der Waals surface area contributed by atoms with Crippen LogP contribution in [0.15, 0.2) is 60.7 Å². The number of esters is 1. The monoisotopic (exact) mass is 404 g/mol. The zero-order valence-electron chi connectivity index (χ0n) is 16.9. The second kappa shape index (κ2) is 8.97. The zero-order chi connectivity index (χ0) is 20.9. The van der Waals surface area contributed by atoms with Gasteiger partial charge in [0, 0.05) is 18.7 Å². The summed E-state index contributed by atoms with van der Waals surface area (Å²) < 4.78 is 10.6. The van der Waals surface area contributed by atoms with Gasteiger partial charge < -0.3 is 19.7 Å². The van der Waals surface area contributed by atoms with Gasteiger partial charge in [-0.15, -0.1) is 0 Å². The second-order valence-electron chi connectivity index (χ2n) is 7.03. The number of hydrogen-bond donors (Lipinski definition) is 1. The number of fused-ring (bicyclic) bond motifs is 1. The first-order valence-corrected chi connectivity index (χ1v) is 10.1. The minimum Gasteiger partial charge on any atom is -0.462 e. The topological polar surface area (TPSA) is 67.9 Å². The summed E-state index contributed by atoms with van der Waals surface area (Å²) in [5, 5.41) is 4.90. The van der Waals surface area contributed by atoms with Gasteiger partial charge in [0.25, 0.3) is 5.91 Å². The number of hydrogen-bond acceptors (Lipinski definition) is 5. The second-order valence-corrected chi connectivity index (χ2v) is 7.03. The van der Waals surface area contributed by atoms with E-state index in [1.54, 1.807) is 25.1 Å². The van der Waals surface area contributed by atoms with E-state index in [2.05, 4.69) is 10.2 Å². The molecule has 30 heavy (non-hydrogen) atoms. The van der Waals surface area contributed by atoms with Crippen LogP contribution in [0, 0.1) is 0 Å². The van der Waals surface area contributed by atoms with Crippen LogP contribution < -0.4 is 10.2 Å². The Bertz CT molecular complexity index is 1070. The summed E-state index contributed by atoms with van der Waals surface area (Å²) in [6, 6.07) is 18.7. The number of nitrogens with one attached hydrogen (secondary N) is 1. The molecule has 1 N–H and O–H groups in total. The molecule has 154 valence electrons. The molecule has 0 unspecified atom stereocenters. The van der Waals surface area contributed by atoms with Gasteiger partial charge in [0.2, 0.25) is 0 Å². The van der Waals surface area contributed by atoms with Gasteiger partial charge >= 0.3 is 5.97 Å². The molecule has 1 fully saturated rings. The predicted octanol–water partition coefficient (Wildman–Crippen LogP) is 4.11. The maximum absolute atomic E-state index is 13.2. The largest absolute Gasteiger partial charge is 0.462 e. The van der Waals surface area contributed by atoms with E-state index in [9.17, 15) is 9.59 Å². The molecule has 3 aromatic rings. The summed E-state index contributed by atoms with van der Waals surface area (Å²) in [5.74, 6) is -0.631. The van der Waals surface area contributed by atoms with Crippen molar-refractivity contribution in [2.75, 3.05) is 43.1 Å². The third-order valence-corrected chi connectivity index (χ3v) is 5.14. The molecule has 0 atom stereocenters. The van der Waals surface area contributed by atoms with Gasteiger partial charge in [-0.25, -0.2) is 4.79 Å². The first-order chi connectivity index (χ1) is 14.7. The quantitative estimate of drug-likeness (QED) is 0.649. The van der Waals surface area contributed by atoms with Crippen LogP contribution in [0.2, 0.25) is 0 Å². The Hall–Kier alpha value is -3.38.